The molecule has 10 rings (SSSR count). The molecule has 1 unspecified atom stereocenters. The number of hydrogen-bond acceptors (Lipinski definition) is 11. The second-order valence-corrected chi connectivity index (χ2v) is 20.2. The number of oxime groups is 1. The van der Waals surface area contributed by atoms with Gasteiger partial charge in [0.05, 0.1) is 44.6 Å². The van der Waals surface area contributed by atoms with E-state index in [1.807, 2.05) is 78.9 Å². The molecule has 0 spiro atoms. The Labute approximate surface area is 440 Å². The molecular weight excluding hydrogens is 945 g/mol. The lowest BCUT2D eigenvalue weighted by Gasteiger charge is -2.60. The molecule has 6 aromatic rings. The molecule has 1 amide bonds. The minimum Gasteiger partial charge on any atom is -0.459 e. The Kier molecular flexibility index (Phi) is 17.2. The van der Waals surface area contributed by atoms with Crippen molar-refractivity contribution in [3.8, 4) is 17.2 Å². The van der Waals surface area contributed by atoms with Crippen molar-refractivity contribution in [3.63, 3.8) is 0 Å². The molecule has 4 aliphatic rings. The Morgan fingerprint density at radius 2 is 1.56 bits per heavy atom. The molecule has 7 atom stereocenters. The van der Waals surface area contributed by atoms with Gasteiger partial charge in [-0.05, 0) is 119 Å². The first-order valence-electron chi connectivity index (χ1n) is 27.0. The fourth-order valence-electron chi connectivity index (χ4n) is 11.9. The molecule has 12 heteroatoms. The van der Waals surface area contributed by atoms with Crippen molar-refractivity contribution in [2.24, 2.45) is 22.9 Å². The second-order valence-electron chi connectivity index (χ2n) is 20.2. The number of fused-ring (bicyclic) bond motifs is 4. The average molecular weight is 1020 g/mol. The third-order valence-electron chi connectivity index (χ3n) is 15.4. The lowest BCUT2D eigenvalue weighted by Crippen LogP contribution is -2.70. The molecule has 2 aliphatic heterocycles. The Hall–Kier alpha value is -6.54. The van der Waals surface area contributed by atoms with Crippen molar-refractivity contribution >= 4 is 33.3 Å². The van der Waals surface area contributed by atoms with Crippen LogP contribution in [0.2, 0.25) is 0 Å². The number of carbonyl (C=O) groups is 1. The van der Waals surface area contributed by atoms with Crippen LogP contribution in [0.25, 0.3) is 21.5 Å². The standard InChI is InChI=1S/C63H70N2O10/c1-2-34-72-63-58(65(42-49-24-16-23-46-20-8-9-25-52(46)49)62(68)71-37-36-69-43-44-17-4-3-5-18-44)41-56(64-75-59-27-12-15-35-70-59)54-39-48(22-10-13-32-66)53(26-11-14-33-67)60(61(54)63)55-40-51(30-31-57(55)74-63)73-50-29-28-45-19-6-7-21-47(45)38-50/h2-9,16-21,23-25,28-31,38-40,48,53,58-61,66-67H,1,10-15,22,26-27,32-37,41-43H2/t48-,53+,58-,59?,60+,61+,63+/m0/s1. The molecule has 1 saturated carbocycles. The topological polar surface area (TPSA) is 138 Å². The van der Waals surface area contributed by atoms with Crippen LogP contribution in [0.15, 0.2) is 163 Å². The van der Waals surface area contributed by atoms with Crippen LogP contribution in [0, 0.1) is 17.8 Å². The maximum absolute atomic E-state index is 15.4. The van der Waals surface area contributed by atoms with Crippen LogP contribution in [-0.4, -0.2) is 84.7 Å². The third-order valence-corrected chi connectivity index (χ3v) is 15.4. The van der Waals surface area contributed by atoms with Gasteiger partial charge in [0.2, 0.25) is 12.1 Å². The van der Waals surface area contributed by atoms with E-state index in [0.717, 1.165) is 82.3 Å². The first-order chi connectivity index (χ1) is 37.0. The monoisotopic (exact) mass is 1010 g/mol. The highest BCUT2D eigenvalue weighted by molar-refractivity contribution is 6.03. The van der Waals surface area contributed by atoms with Gasteiger partial charge >= 0.3 is 6.09 Å². The number of rotatable bonds is 23. The molecule has 0 radical (unpaired) electrons. The van der Waals surface area contributed by atoms with Gasteiger partial charge in [-0.15, -0.1) is 6.58 Å². The Balaban J connectivity index is 1.13. The quantitative estimate of drug-likeness (QED) is 0.0362. The Bertz CT molecular complexity index is 2930. The maximum atomic E-state index is 15.4. The highest BCUT2D eigenvalue weighted by Crippen LogP contribution is 2.62. The molecule has 12 nitrogen and oxygen atoms in total. The van der Waals surface area contributed by atoms with Gasteiger partial charge < -0.3 is 43.5 Å². The van der Waals surface area contributed by atoms with E-state index in [-0.39, 0.29) is 63.8 Å². The summed E-state index contributed by atoms with van der Waals surface area (Å²) in [5.41, 5.74) is 4.52. The predicted molar refractivity (Wildman–Crippen MR) is 291 cm³/mol. The van der Waals surface area contributed by atoms with Gasteiger partial charge in [0.25, 0.3) is 0 Å². The van der Waals surface area contributed by atoms with Crippen molar-refractivity contribution in [1.82, 2.24) is 4.90 Å². The van der Waals surface area contributed by atoms with E-state index in [9.17, 15) is 10.2 Å². The molecule has 0 aromatic heterocycles. The molecule has 2 N–H and O–H groups in total. The van der Waals surface area contributed by atoms with E-state index >= 15 is 4.79 Å². The van der Waals surface area contributed by atoms with Gasteiger partial charge in [-0.1, -0.05) is 133 Å². The van der Waals surface area contributed by atoms with E-state index in [0.29, 0.717) is 55.4 Å². The zero-order valence-corrected chi connectivity index (χ0v) is 42.8. The minimum absolute atomic E-state index is 0.0112. The third kappa shape index (κ3) is 11.8. The van der Waals surface area contributed by atoms with Gasteiger partial charge in [0, 0.05) is 37.5 Å². The van der Waals surface area contributed by atoms with Crippen LogP contribution in [0.1, 0.15) is 86.8 Å². The van der Waals surface area contributed by atoms with Crippen LogP contribution in [0.4, 0.5) is 4.79 Å². The highest BCUT2D eigenvalue weighted by atomic mass is 16.8. The molecule has 1 saturated heterocycles. The van der Waals surface area contributed by atoms with Crippen LogP contribution < -0.4 is 9.47 Å². The number of nitrogens with zero attached hydrogens (tertiary/aromatic N) is 2. The summed E-state index contributed by atoms with van der Waals surface area (Å²) in [7, 11) is 0. The molecular formula is C63H70N2O10. The predicted octanol–water partition coefficient (Wildman–Crippen LogP) is 12.8. The number of ether oxygens (including phenoxy) is 6. The van der Waals surface area contributed by atoms with Crippen LogP contribution in [-0.2, 0) is 36.9 Å². The number of allylic oxidation sites excluding steroid dienone is 1. The zero-order valence-electron chi connectivity index (χ0n) is 42.8. The van der Waals surface area contributed by atoms with E-state index in [4.69, 9.17) is 38.4 Å². The highest BCUT2D eigenvalue weighted by Gasteiger charge is 2.66. The largest absolute Gasteiger partial charge is 0.459 e. The summed E-state index contributed by atoms with van der Waals surface area (Å²) in [5.74, 6) is -0.282. The fraction of sp³-hybridized carbons (Fsp3) is 0.397. The van der Waals surface area contributed by atoms with Gasteiger partial charge in [-0.3, -0.25) is 4.90 Å². The number of hydrogen-bond donors (Lipinski definition) is 2. The SMILES string of the molecule is C=CCO[C@@]12Oc3ccc(Oc4ccc5ccccc5c4)cc3[C@H]3[C@H](CCCCO)[C@@H](CCCCO)C=C(C(=NOC4CCCCO4)C[C@@H]1N(Cc1cccc4ccccc14)C(=O)OCCOCc1ccccc1)[C@H]32. The summed E-state index contributed by atoms with van der Waals surface area (Å²) in [6, 6.07) is 43.8. The van der Waals surface area contributed by atoms with E-state index in [1.165, 1.54) is 0 Å². The molecule has 2 heterocycles. The number of aliphatic hydroxyl groups excluding tert-OH is 2. The summed E-state index contributed by atoms with van der Waals surface area (Å²) in [5, 5.41) is 29.6. The van der Waals surface area contributed by atoms with Crippen LogP contribution in [0.3, 0.4) is 0 Å². The molecule has 6 aromatic carbocycles. The fourth-order valence-corrected chi connectivity index (χ4v) is 11.9. The van der Waals surface area contributed by atoms with Crippen LogP contribution >= 0.6 is 0 Å². The molecule has 75 heavy (non-hydrogen) atoms. The first kappa shape index (κ1) is 51.9. The average Bonchev–Trinajstić information content (AvgIpc) is 3.52. The lowest BCUT2D eigenvalue weighted by molar-refractivity contribution is -0.256. The number of unbranched alkanes of at least 4 members (excludes halogenated alkanes) is 2. The van der Waals surface area contributed by atoms with Crippen molar-refractivity contribution in [2.75, 3.05) is 39.6 Å². The number of aliphatic hydroxyl groups is 2. The summed E-state index contributed by atoms with van der Waals surface area (Å²) in [4.78, 5) is 23.6. The summed E-state index contributed by atoms with van der Waals surface area (Å²) < 4.78 is 40.1. The number of carbonyl (C=O) groups excluding carboxylic acids is 1. The van der Waals surface area contributed by atoms with Gasteiger partial charge in [0.15, 0.2) is 0 Å². The van der Waals surface area contributed by atoms with E-state index < -0.39 is 30.1 Å². The van der Waals surface area contributed by atoms with E-state index in [1.54, 1.807) is 11.0 Å². The second kappa shape index (κ2) is 24.9. The van der Waals surface area contributed by atoms with Gasteiger partial charge in [-0.2, -0.15) is 0 Å². The molecule has 2 fully saturated rings. The maximum Gasteiger partial charge on any atom is 0.410 e. The summed E-state index contributed by atoms with van der Waals surface area (Å²) in [6.45, 7) is 5.74. The minimum atomic E-state index is -1.52. The first-order valence-corrected chi connectivity index (χ1v) is 27.0. The Morgan fingerprint density at radius 3 is 2.37 bits per heavy atom. The van der Waals surface area contributed by atoms with Crippen molar-refractivity contribution < 1.29 is 48.3 Å². The van der Waals surface area contributed by atoms with Gasteiger partial charge in [0.1, 0.15) is 29.9 Å². The van der Waals surface area contributed by atoms with Crippen molar-refractivity contribution in [1.29, 1.82) is 0 Å². The smallest absolute Gasteiger partial charge is 0.410 e. The number of benzene rings is 6. The zero-order chi connectivity index (χ0) is 51.4. The van der Waals surface area contributed by atoms with Crippen molar-refractivity contribution in [2.45, 2.75) is 101 Å². The summed E-state index contributed by atoms with van der Waals surface area (Å²) in [6.07, 6.45) is 10.3. The van der Waals surface area contributed by atoms with Gasteiger partial charge in [-0.25, -0.2) is 4.79 Å². The lowest BCUT2D eigenvalue weighted by atomic mass is 9.55. The summed E-state index contributed by atoms with van der Waals surface area (Å²) >= 11 is 0. The Morgan fingerprint density at radius 1 is 0.800 bits per heavy atom. The normalized spacial score (nSPS) is 23.4. The molecule has 0 bridgehead atoms. The van der Waals surface area contributed by atoms with E-state index in [2.05, 4.69) is 67.3 Å². The molecule has 2 aliphatic carbocycles. The van der Waals surface area contributed by atoms with Crippen LogP contribution in [0.5, 0.6) is 17.2 Å². The number of amides is 1. The van der Waals surface area contributed by atoms with Crippen molar-refractivity contribution in [3.05, 3.63) is 174 Å². The molecule has 392 valence electrons.